The molecular weight excluding hydrogens is 584 g/mol. The Bertz CT molecular complexity index is 1070. The van der Waals surface area contributed by atoms with E-state index >= 15 is 0 Å². The number of carbonyl (C=O) groups excluding carboxylic acids is 7. The number of hydrogen-bond donors (Lipinski definition) is 0. The maximum Gasteiger partial charge on any atom is 0.305 e. The smallest absolute Gasteiger partial charge is 0.305 e. The Hall–Kier alpha value is -3.83. The van der Waals surface area contributed by atoms with Crippen molar-refractivity contribution >= 4 is 41.8 Å². The van der Waals surface area contributed by atoms with Crippen LogP contribution in [0.4, 0.5) is 0 Å². The Labute approximate surface area is 246 Å². The number of ether oxygens (including phenoxy) is 10. The van der Waals surface area contributed by atoms with E-state index in [9.17, 15) is 33.6 Å². The standard InChI is InChI=1S/C26H36O17/c1-10-19(36-12(3)28)21(38-14(5)30)23(40-16(7)32)25(35-10)43-24-22(39-15(6)31)20(37-13(4)29)18(9-34-11(2)27)42-26(24)41-17(8)33/h10,18-26H,9H2,1-8H3/t10-,18+,19-,20+,21+,22-,23+,24+,25+,26+/m0/s1. The van der Waals surface area contributed by atoms with Crippen LogP contribution in [0.15, 0.2) is 0 Å². The maximum absolute atomic E-state index is 12.2. The first-order valence-corrected chi connectivity index (χ1v) is 13.1. The molecule has 10 atom stereocenters. The lowest BCUT2D eigenvalue weighted by Crippen LogP contribution is -2.66. The molecular formula is C26H36O17. The van der Waals surface area contributed by atoms with Crippen molar-refractivity contribution in [2.24, 2.45) is 0 Å². The van der Waals surface area contributed by atoms with Crippen LogP contribution in [0.2, 0.25) is 0 Å². The zero-order valence-electron chi connectivity index (χ0n) is 24.9. The van der Waals surface area contributed by atoms with E-state index in [2.05, 4.69) is 0 Å². The molecule has 2 rings (SSSR count). The number of carbonyl (C=O) groups is 7. The third kappa shape index (κ3) is 10.4. The first-order valence-electron chi connectivity index (χ1n) is 13.1. The topological polar surface area (TPSA) is 212 Å². The summed E-state index contributed by atoms with van der Waals surface area (Å²) in [4.78, 5) is 83.7. The monoisotopic (exact) mass is 620 g/mol. The lowest BCUT2D eigenvalue weighted by Gasteiger charge is -2.48. The molecule has 0 spiro atoms. The van der Waals surface area contributed by atoms with Crippen LogP contribution in [0.3, 0.4) is 0 Å². The van der Waals surface area contributed by atoms with Crippen LogP contribution in [0, 0.1) is 0 Å². The number of rotatable bonds is 10. The molecule has 0 unspecified atom stereocenters. The third-order valence-electron chi connectivity index (χ3n) is 5.85. The van der Waals surface area contributed by atoms with Gasteiger partial charge in [-0.2, -0.15) is 0 Å². The van der Waals surface area contributed by atoms with Gasteiger partial charge in [-0.3, -0.25) is 33.6 Å². The van der Waals surface area contributed by atoms with Crippen molar-refractivity contribution in [2.45, 2.75) is 117 Å². The molecule has 17 heteroatoms. The van der Waals surface area contributed by atoms with Gasteiger partial charge in [0, 0.05) is 48.5 Å². The summed E-state index contributed by atoms with van der Waals surface area (Å²) < 4.78 is 54.9. The number of hydrogen-bond acceptors (Lipinski definition) is 17. The Morgan fingerprint density at radius 2 is 0.884 bits per heavy atom. The highest BCUT2D eigenvalue weighted by molar-refractivity contribution is 5.69. The minimum Gasteiger partial charge on any atom is -0.463 e. The lowest BCUT2D eigenvalue weighted by atomic mass is 9.96. The first-order chi connectivity index (χ1) is 20.0. The first kappa shape index (κ1) is 35.4. The molecule has 2 fully saturated rings. The predicted molar refractivity (Wildman–Crippen MR) is 134 cm³/mol. The molecule has 0 radical (unpaired) electrons. The normalized spacial score (nSPS) is 31.9. The molecule has 2 aliphatic heterocycles. The molecule has 43 heavy (non-hydrogen) atoms. The zero-order chi connectivity index (χ0) is 32.6. The van der Waals surface area contributed by atoms with Gasteiger partial charge in [0.2, 0.25) is 6.29 Å². The summed E-state index contributed by atoms with van der Waals surface area (Å²) in [7, 11) is 0. The Morgan fingerprint density at radius 1 is 0.465 bits per heavy atom. The molecule has 2 heterocycles. The minimum atomic E-state index is -1.70. The van der Waals surface area contributed by atoms with Crippen molar-refractivity contribution in [3.63, 3.8) is 0 Å². The van der Waals surface area contributed by atoms with Crippen molar-refractivity contribution in [3.8, 4) is 0 Å². The molecule has 0 aromatic carbocycles. The van der Waals surface area contributed by atoms with Crippen molar-refractivity contribution in [2.75, 3.05) is 6.61 Å². The maximum atomic E-state index is 12.2. The summed E-state index contributed by atoms with van der Waals surface area (Å²) in [5, 5.41) is 0. The van der Waals surface area contributed by atoms with E-state index in [1.54, 1.807) is 0 Å². The highest BCUT2D eigenvalue weighted by Crippen LogP contribution is 2.35. The summed E-state index contributed by atoms with van der Waals surface area (Å²) in [6.45, 7) is 8.42. The van der Waals surface area contributed by atoms with Crippen molar-refractivity contribution in [3.05, 3.63) is 0 Å². The van der Waals surface area contributed by atoms with Crippen LogP contribution in [0.5, 0.6) is 0 Å². The summed E-state index contributed by atoms with van der Waals surface area (Å²) in [5.74, 6) is -5.78. The number of esters is 7. The highest BCUT2D eigenvalue weighted by atomic mass is 16.8. The van der Waals surface area contributed by atoms with Gasteiger partial charge in [0.05, 0.1) is 6.10 Å². The molecule has 0 aromatic rings. The van der Waals surface area contributed by atoms with E-state index in [4.69, 9.17) is 47.4 Å². The van der Waals surface area contributed by atoms with Gasteiger partial charge in [0.15, 0.2) is 42.9 Å². The molecule has 0 aliphatic carbocycles. The molecule has 0 aromatic heterocycles. The fraction of sp³-hybridized carbons (Fsp3) is 0.731. The molecule has 17 nitrogen and oxygen atoms in total. The highest BCUT2D eigenvalue weighted by Gasteiger charge is 2.57. The van der Waals surface area contributed by atoms with Crippen LogP contribution in [-0.4, -0.2) is 110 Å². The fourth-order valence-corrected chi connectivity index (χ4v) is 4.51. The molecule has 2 saturated heterocycles. The Balaban J connectivity index is 2.62. The van der Waals surface area contributed by atoms with Crippen LogP contribution >= 0.6 is 0 Å². The Kier molecular flexibility index (Phi) is 12.8. The van der Waals surface area contributed by atoms with E-state index in [0.29, 0.717) is 0 Å². The van der Waals surface area contributed by atoms with E-state index in [1.807, 2.05) is 0 Å². The summed E-state index contributed by atoms with van der Waals surface area (Å²) >= 11 is 0. The van der Waals surface area contributed by atoms with E-state index < -0.39 is 110 Å². The fourth-order valence-electron chi connectivity index (χ4n) is 4.51. The van der Waals surface area contributed by atoms with Gasteiger partial charge in [0.25, 0.3) is 0 Å². The molecule has 0 bridgehead atoms. The molecule has 242 valence electrons. The predicted octanol–water partition coefficient (Wildman–Crippen LogP) is -0.374. The van der Waals surface area contributed by atoms with Gasteiger partial charge in [0.1, 0.15) is 12.7 Å². The molecule has 0 amide bonds. The molecule has 2 aliphatic rings. The van der Waals surface area contributed by atoms with Gasteiger partial charge in [-0.25, -0.2) is 0 Å². The largest absolute Gasteiger partial charge is 0.463 e. The summed E-state index contributed by atoms with van der Waals surface area (Å²) in [6.07, 6.45) is -14.8. The van der Waals surface area contributed by atoms with Crippen LogP contribution in [0.25, 0.3) is 0 Å². The van der Waals surface area contributed by atoms with Crippen molar-refractivity contribution < 1.29 is 80.9 Å². The van der Waals surface area contributed by atoms with Crippen LogP contribution < -0.4 is 0 Å². The van der Waals surface area contributed by atoms with Crippen LogP contribution in [0.1, 0.15) is 55.4 Å². The second-order valence-corrected chi connectivity index (χ2v) is 9.64. The van der Waals surface area contributed by atoms with Gasteiger partial charge >= 0.3 is 41.8 Å². The second kappa shape index (κ2) is 15.6. The average Bonchev–Trinajstić information content (AvgIpc) is 2.84. The molecule has 0 saturated carbocycles. The average molecular weight is 621 g/mol. The second-order valence-electron chi connectivity index (χ2n) is 9.64. The van der Waals surface area contributed by atoms with Gasteiger partial charge in [-0.15, -0.1) is 0 Å². The third-order valence-corrected chi connectivity index (χ3v) is 5.85. The van der Waals surface area contributed by atoms with Crippen molar-refractivity contribution in [1.82, 2.24) is 0 Å². The zero-order valence-corrected chi connectivity index (χ0v) is 24.9. The van der Waals surface area contributed by atoms with E-state index in [0.717, 1.165) is 48.5 Å². The Morgan fingerprint density at radius 3 is 1.35 bits per heavy atom. The molecule has 0 N–H and O–H groups in total. The van der Waals surface area contributed by atoms with Gasteiger partial charge in [-0.05, 0) is 6.92 Å². The summed E-state index contributed by atoms with van der Waals surface area (Å²) in [5.41, 5.74) is 0. The van der Waals surface area contributed by atoms with Gasteiger partial charge in [-0.1, -0.05) is 0 Å². The SMILES string of the molecule is CC(=O)OC[C@H]1O[C@@H](OC(C)=O)[C@H](O[C@H]2O[C@@H](C)[C@H](OC(C)=O)[C@@H](OC(C)=O)[C@H]2OC(C)=O)[C@@H](OC(C)=O)[C@@H]1OC(C)=O. The summed E-state index contributed by atoms with van der Waals surface area (Å²) in [6, 6.07) is 0. The van der Waals surface area contributed by atoms with E-state index in [-0.39, 0.29) is 0 Å². The van der Waals surface area contributed by atoms with Crippen molar-refractivity contribution in [1.29, 1.82) is 0 Å². The van der Waals surface area contributed by atoms with Crippen LogP contribution in [-0.2, 0) is 80.9 Å². The van der Waals surface area contributed by atoms with Gasteiger partial charge < -0.3 is 47.4 Å². The van der Waals surface area contributed by atoms with E-state index in [1.165, 1.54) is 6.92 Å². The lowest BCUT2D eigenvalue weighted by molar-refractivity contribution is -0.361. The minimum absolute atomic E-state index is 0.513. The quantitative estimate of drug-likeness (QED) is 0.225.